The summed E-state index contributed by atoms with van der Waals surface area (Å²) in [5, 5.41) is 2.95. The minimum Gasteiger partial charge on any atom is -0.350 e. The second kappa shape index (κ2) is 4.53. The molecule has 1 saturated carbocycles. The van der Waals surface area contributed by atoms with Gasteiger partial charge in [0.1, 0.15) is 10.3 Å². The van der Waals surface area contributed by atoms with E-state index in [4.69, 9.17) is 0 Å². The molecule has 1 aliphatic rings. The highest BCUT2D eigenvalue weighted by Gasteiger charge is 2.31. The molecule has 1 amide bonds. The molecule has 1 aromatic heterocycles. The summed E-state index contributed by atoms with van der Waals surface area (Å²) in [7, 11) is 0. The van der Waals surface area contributed by atoms with Crippen molar-refractivity contribution in [2.24, 2.45) is 5.41 Å². The largest absolute Gasteiger partial charge is 0.350 e. The zero-order chi connectivity index (χ0) is 11.6. The number of pyridine rings is 1. The Labute approximate surface area is 104 Å². The van der Waals surface area contributed by atoms with Gasteiger partial charge in [0.25, 0.3) is 5.91 Å². The Morgan fingerprint density at radius 1 is 1.56 bits per heavy atom. The summed E-state index contributed by atoms with van der Waals surface area (Å²) in [6, 6.07) is 5.35. The molecule has 0 unspecified atom stereocenters. The van der Waals surface area contributed by atoms with Crippen molar-refractivity contribution in [1.82, 2.24) is 10.3 Å². The Morgan fingerprint density at radius 3 is 2.88 bits per heavy atom. The molecule has 1 fully saturated rings. The van der Waals surface area contributed by atoms with Crippen molar-refractivity contribution in [3.05, 3.63) is 28.5 Å². The third-order valence-corrected chi connectivity index (χ3v) is 3.63. The van der Waals surface area contributed by atoms with Gasteiger partial charge >= 0.3 is 0 Å². The molecule has 0 spiro atoms. The zero-order valence-corrected chi connectivity index (χ0v) is 10.9. The monoisotopic (exact) mass is 282 g/mol. The maximum atomic E-state index is 11.8. The molecule has 1 aliphatic carbocycles. The first-order chi connectivity index (χ1) is 7.59. The first-order valence-corrected chi connectivity index (χ1v) is 6.29. The predicted molar refractivity (Wildman–Crippen MR) is 66.2 cm³/mol. The van der Waals surface area contributed by atoms with E-state index in [1.54, 1.807) is 6.07 Å². The highest BCUT2D eigenvalue weighted by Crippen LogP contribution is 2.39. The molecule has 2 rings (SSSR count). The molecule has 0 bridgehead atoms. The standard InChI is InChI=1S/C12H15BrN2O/c1-12(6-3-7-12)8-14-11(16)9-4-2-5-10(13)15-9/h2,4-5H,3,6-8H2,1H3,(H,14,16). The van der Waals surface area contributed by atoms with Crippen LogP contribution < -0.4 is 5.32 Å². The fraction of sp³-hybridized carbons (Fsp3) is 0.500. The number of nitrogens with one attached hydrogen (secondary N) is 1. The molecule has 1 N–H and O–H groups in total. The maximum Gasteiger partial charge on any atom is 0.269 e. The zero-order valence-electron chi connectivity index (χ0n) is 9.29. The summed E-state index contributed by atoms with van der Waals surface area (Å²) in [6.07, 6.45) is 3.69. The molecular formula is C12H15BrN2O. The number of hydrogen-bond donors (Lipinski definition) is 1. The number of nitrogens with zero attached hydrogens (tertiary/aromatic N) is 1. The average molecular weight is 283 g/mol. The van der Waals surface area contributed by atoms with Gasteiger partial charge in [-0.25, -0.2) is 4.98 Å². The van der Waals surface area contributed by atoms with Crippen molar-refractivity contribution in [1.29, 1.82) is 0 Å². The van der Waals surface area contributed by atoms with Crippen LogP contribution in [0.25, 0.3) is 0 Å². The van der Waals surface area contributed by atoms with E-state index in [0.717, 1.165) is 6.54 Å². The first kappa shape index (κ1) is 11.6. The lowest BCUT2D eigenvalue weighted by atomic mass is 9.70. The van der Waals surface area contributed by atoms with Crippen LogP contribution in [-0.2, 0) is 0 Å². The molecule has 1 aromatic rings. The fourth-order valence-corrected chi connectivity index (χ4v) is 2.22. The molecule has 0 aromatic carbocycles. The van der Waals surface area contributed by atoms with E-state index in [-0.39, 0.29) is 5.91 Å². The second-order valence-corrected chi connectivity index (χ2v) is 5.50. The van der Waals surface area contributed by atoms with Gasteiger partial charge in [-0.1, -0.05) is 19.4 Å². The molecule has 86 valence electrons. The first-order valence-electron chi connectivity index (χ1n) is 5.50. The Bertz CT molecular complexity index is 402. The van der Waals surface area contributed by atoms with E-state index in [1.165, 1.54) is 19.3 Å². The predicted octanol–water partition coefficient (Wildman–Crippen LogP) is 2.76. The number of carbonyl (C=O) groups is 1. The van der Waals surface area contributed by atoms with E-state index in [0.29, 0.717) is 15.7 Å². The van der Waals surface area contributed by atoms with Gasteiger partial charge < -0.3 is 5.32 Å². The molecule has 0 atom stereocenters. The molecule has 3 nitrogen and oxygen atoms in total. The van der Waals surface area contributed by atoms with E-state index in [1.807, 2.05) is 12.1 Å². The van der Waals surface area contributed by atoms with Crippen LogP contribution in [0.5, 0.6) is 0 Å². The van der Waals surface area contributed by atoms with Crippen molar-refractivity contribution in [2.45, 2.75) is 26.2 Å². The normalized spacial score (nSPS) is 17.6. The number of rotatable bonds is 3. The third-order valence-electron chi connectivity index (χ3n) is 3.18. The Morgan fingerprint density at radius 2 is 2.31 bits per heavy atom. The van der Waals surface area contributed by atoms with Crippen molar-refractivity contribution in [2.75, 3.05) is 6.54 Å². The number of halogens is 1. The van der Waals surface area contributed by atoms with Crippen molar-refractivity contribution < 1.29 is 4.79 Å². The molecule has 0 radical (unpaired) electrons. The fourth-order valence-electron chi connectivity index (χ4n) is 1.88. The average Bonchev–Trinajstić information content (AvgIpc) is 2.23. The van der Waals surface area contributed by atoms with Gasteiger partial charge in [-0.3, -0.25) is 4.79 Å². The molecule has 4 heteroatoms. The molecular weight excluding hydrogens is 268 g/mol. The number of carbonyl (C=O) groups excluding carboxylic acids is 1. The number of aromatic nitrogens is 1. The summed E-state index contributed by atoms with van der Waals surface area (Å²) < 4.78 is 0.690. The van der Waals surface area contributed by atoms with Gasteiger partial charge in [0.15, 0.2) is 0 Å². The summed E-state index contributed by atoms with van der Waals surface area (Å²) in [6.45, 7) is 2.96. The van der Waals surface area contributed by atoms with Crippen LogP contribution in [0.2, 0.25) is 0 Å². The van der Waals surface area contributed by atoms with Crippen LogP contribution in [-0.4, -0.2) is 17.4 Å². The quantitative estimate of drug-likeness (QED) is 0.867. The lowest BCUT2D eigenvalue weighted by Gasteiger charge is -2.38. The van der Waals surface area contributed by atoms with Crippen LogP contribution >= 0.6 is 15.9 Å². The van der Waals surface area contributed by atoms with Gasteiger partial charge in [-0.2, -0.15) is 0 Å². The highest BCUT2D eigenvalue weighted by atomic mass is 79.9. The van der Waals surface area contributed by atoms with Crippen molar-refractivity contribution in [3.63, 3.8) is 0 Å². The maximum absolute atomic E-state index is 11.8. The van der Waals surface area contributed by atoms with Crippen LogP contribution in [0.15, 0.2) is 22.8 Å². The summed E-state index contributed by atoms with van der Waals surface area (Å²) in [5.74, 6) is -0.0885. The third kappa shape index (κ3) is 2.61. The smallest absolute Gasteiger partial charge is 0.269 e. The summed E-state index contributed by atoms with van der Waals surface area (Å²) in [4.78, 5) is 15.9. The lowest BCUT2D eigenvalue weighted by Crippen LogP contribution is -2.40. The molecule has 1 heterocycles. The van der Waals surface area contributed by atoms with Crippen LogP contribution in [0, 0.1) is 5.41 Å². The van der Waals surface area contributed by atoms with Gasteiger partial charge in [-0.05, 0) is 46.3 Å². The Kier molecular flexibility index (Phi) is 3.28. The van der Waals surface area contributed by atoms with Gasteiger partial charge in [0.2, 0.25) is 0 Å². The highest BCUT2D eigenvalue weighted by molar-refractivity contribution is 9.10. The summed E-state index contributed by atoms with van der Waals surface area (Å²) >= 11 is 3.25. The Balaban J connectivity index is 1.93. The van der Waals surface area contributed by atoms with Gasteiger partial charge in [-0.15, -0.1) is 0 Å². The SMILES string of the molecule is CC1(CNC(=O)c2cccc(Br)n2)CCC1. The lowest BCUT2D eigenvalue weighted by molar-refractivity contribution is 0.0886. The topological polar surface area (TPSA) is 42.0 Å². The van der Waals surface area contributed by atoms with Crippen molar-refractivity contribution >= 4 is 21.8 Å². The molecule has 0 saturated heterocycles. The second-order valence-electron chi connectivity index (χ2n) is 4.69. The molecule has 0 aliphatic heterocycles. The van der Waals surface area contributed by atoms with Crippen LogP contribution in [0.3, 0.4) is 0 Å². The van der Waals surface area contributed by atoms with Crippen molar-refractivity contribution in [3.8, 4) is 0 Å². The molecule has 16 heavy (non-hydrogen) atoms. The van der Waals surface area contributed by atoms with Crippen LogP contribution in [0.4, 0.5) is 0 Å². The van der Waals surface area contributed by atoms with E-state index in [9.17, 15) is 4.79 Å². The minimum atomic E-state index is -0.0885. The van der Waals surface area contributed by atoms with E-state index in [2.05, 4.69) is 33.2 Å². The number of amides is 1. The van der Waals surface area contributed by atoms with Gasteiger partial charge in [0.05, 0.1) is 0 Å². The van der Waals surface area contributed by atoms with Crippen LogP contribution in [0.1, 0.15) is 36.7 Å². The van der Waals surface area contributed by atoms with E-state index >= 15 is 0 Å². The van der Waals surface area contributed by atoms with Gasteiger partial charge in [0, 0.05) is 6.54 Å². The summed E-state index contributed by atoms with van der Waals surface area (Å²) in [5.41, 5.74) is 0.777. The number of hydrogen-bond acceptors (Lipinski definition) is 2. The Hall–Kier alpha value is -0.900. The minimum absolute atomic E-state index is 0.0885. The van der Waals surface area contributed by atoms with E-state index < -0.39 is 0 Å².